The topological polar surface area (TPSA) is 66.8 Å². The van der Waals surface area contributed by atoms with Crippen LogP contribution in [0.2, 0.25) is 0 Å². The van der Waals surface area contributed by atoms with Crippen molar-refractivity contribution in [2.24, 2.45) is 23.7 Å². The van der Waals surface area contributed by atoms with E-state index < -0.39 is 23.7 Å². The highest BCUT2D eigenvalue weighted by Crippen LogP contribution is 2.51. The number of allylic oxidation sites excluding steroid dienone is 2. The van der Waals surface area contributed by atoms with Crippen molar-refractivity contribution < 1.29 is 19.4 Å². The lowest BCUT2D eigenvalue weighted by Gasteiger charge is -2.41. The quantitative estimate of drug-likeness (QED) is 0.754. The molecule has 1 saturated heterocycles. The van der Waals surface area contributed by atoms with Crippen LogP contribution in [0.3, 0.4) is 0 Å². The molecule has 0 aromatic heterocycles. The van der Waals surface area contributed by atoms with Crippen LogP contribution in [0, 0.1) is 23.7 Å². The van der Waals surface area contributed by atoms with Gasteiger partial charge in [0.25, 0.3) is 0 Å². The first-order chi connectivity index (χ1) is 9.78. The molecule has 5 heteroatoms. The molecule has 0 spiro atoms. The number of hydrogen-bond acceptors (Lipinski definition) is 3. The van der Waals surface area contributed by atoms with Crippen LogP contribution >= 0.6 is 0 Å². The van der Waals surface area contributed by atoms with Crippen molar-refractivity contribution in [1.29, 1.82) is 0 Å². The van der Waals surface area contributed by atoms with Gasteiger partial charge in [-0.15, -0.1) is 0 Å². The number of rotatable bonds is 1. The maximum atomic E-state index is 12.4. The van der Waals surface area contributed by atoms with Gasteiger partial charge in [0.15, 0.2) is 0 Å². The van der Waals surface area contributed by atoms with Gasteiger partial charge in [-0.1, -0.05) is 12.2 Å². The summed E-state index contributed by atoms with van der Waals surface area (Å²) in [5, 5.41) is 9.62. The fourth-order valence-electron chi connectivity index (χ4n) is 4.22. The lowest BCUT2D eigenvalue weighted by atomic mass is 9.62. The SMILES string of the molecule is CC(C)(C)OC(=O)N1C[C@@H]2[C@@H]([C@@H]3C=C[C@H]2CC3)[C@@H]1C(=O)O. The molecule has 2 fully saturated rings. The van der Waals surface area contributed by atoms with Crippen LogP contribution in [-0.2, 0) is 9.53 Å². The van der Waals surface area contributed by atoms with E-state index in [1.807, 2.05) is 0 Å². The summed E-state index contributed by atoms with van der Waals surface area (Å²) in [5.74, 6) is 0.0956. The minimum atomic E-state index is -0.908. The van der Waals surface area contributed by atoms with Gasteiger partial charge in [-0.25, -0.2) is 9.59 Å². The average molecular weight is 293 g/mol. The Kier molecular flexibility index (Phi) is 3.26. The second-order valence-electron chi connectivity index (χ2n) is 7.45. The minimum Gasteiger partial charge on any atom is -0.480 e. The Hall–Kier alpha value is -1.52. The van der Waals surface area contributed by atoms with E-state index in [1.54, 1.807) is 20.8 Å². The predicted molar refractivity (Wildman–Crippen MR) is 76.7 cm³/mol. The Morgan fingerprint density at radius 1 is 1.19 bits per heavy atom. The minimum absolute atomic E-state index is 0.0405. The van der Waals surface area contributed by atoms with E-state index in [0.29, 0.717) is 12.5 Å². The van der Waals surface area contributed by atoms with Gasteiger partial charge in [-0.05, 0) is 51.4 Å². The lowest BCUT2D eigenvalue weighted by molar-refractivity contribution is -0.144. The molecule has 1 saturated carbocycles. The maximum Gasteiger partial charge on any atom is 0.411 e. The lowest BCUT2D eigenvalue weighted by Crippen LogP contribution is -2.47. The summed E-state index contributed by atoms with van der Waals surface area (Å²) < 4.78 is 5.40. The third-order valence-corrected chi connectivity index (χ3v) is 4.97. The monoisotopic (exact) mass is 293 g/mol. The fraction of sp³-hybridized carbons (Fsp3) is 0.750. The molecule has 1 amide bonds. The summed E-state index contributed by atoms with van der Waals surface area (Å²) in [5.41, 5.74) is -0.606. The van der Waals surface area contributed by atoms with Crippen molar-refractivity contribution in [3.05, 3.63) is 12.2 Å². The molecule has 1 aliphatic heterocycles. The molecule has 1 heterocycles. The van der Waals surface area contributed by atoms with Crippen molar-refractivity contribution in [1.82, 2.24) is 4.90 Å². The summed E-state index contributed by atoms with van der Waals surface area (Å²) in [6.45, 7) is 5.90. The van der Waals surface area contributed by atoms with Gasteiger partial charge in [0.2, 0.25) is 0 Å². The Morgan fingerprint density at radius 3 is 2.33 bits per heavy atom. The van der Waals surface area contributed by atoms with Gasteiger partial charge < -0.3 is 9.84 Å². The summed E-state index contributed by atoms with van der Waals surface area (Å²) in [6.07, 6.45) is 6.02. The summed E-state index contributed by atoms with van der Waals surface area (Å²) in [6, 6.07) is -0.748. The number of aliphatic carboxylic acids is 1. The highest BCUT2D eigenvalue weighted by molar-refractivity contribution is 5.81. The normalized spacial score (nSPS) is 37.5. The Balaban J connectivity index is 1.86. The molecule has 5 atom stereocenters. The number of carbonyl (C=O) groups excluding carboxylic acids is 1. The second-order valence-corrected chi connectivity index (χ2v) is 7.45. The van der Waals surface area contributed by atoms with Crippen molar-refractivity contribution in [2.75, 3.05) is 6.54 Å². The molecule has 116 valence electrons. The number of likely N-dealkylation sites (tertiary alicyclic amines) is 1. The molecule has 4 rings (SSSR count). The van der Waals surface area contributed by atoms with Crippen molar-refractivity contribution in [2.45, 2.75) is 45.3 Å². The maximum absolute atomic E-state index is 12.4. The van der Waals surface area contributed by atoms with Crippen LogP contribution in [0.15, 0.2) is 12.2 Å². The zero-order valence-corrected chi connectivity index (χ0v) is 12.8. The second kappa shape index (κ2) is 4.75. The van der Waals surface area contributed by atoms with Crippen molar-refractivity contribution >= 4 is 12.1 Å². The van der Waals surface area contributed by atoms with E-state index >= 15 is 0 Å². The smallest absolute Gasteiger partial charge is 0.411 e. The van der Waals surface area contributed by atoms with Gasteiger partial charge in [0, 0.05) is 12.5 Å². The molecule has 0 aromatic rings. The first-order valence-electron chi connectivity index (χ1n) is 7.68. The largest absolute Gasteiger partial charge is 0.480 e. The van der Waals surface area contributed by atoms with Crippen molar-refractivity contribution in [3.63, 3.8) is 0 Å². The Morgan fingerprint density at radius 2 is 1.81 bits per heavy atom. The van der Waals surface area contributed by atoms with E-state index in [9.17, 15) is 14.7 Å². The van der Waals surface area contributed by atoms with Crippen LogP contribution in [0.5, 0.6) is 0 Å². The Labute approximate surface area is 124 Å². The van der Waals surface area contributed by atoms with E-state index in [-0.39, 0.29) is 17.8 Å². The van der Waals surface area contributed by atoms with Crippen LogP contribution in [0.1, 0.15) is 33.6 Å². The highest BCUT2D eigenvalue weighted by atomic mass is 16.6. The molecule has 0 aromatic carbocycles. The van der Waals surface area contributed by atoms with Crippen LogP contribution in [-0.4, -0.2) is 40.3 Å². The summed E-state index contributed by atoms with van der Waals surface area (Å²) in [7, 11) is 0. The predicted octanol–water partition coefficient (Wildman–Crippen LogP) is 2.52. The average Bonchev–Trinajstić information content (AvgIpc) is 2.80. The third-order valence-electron chi connectivity index (χ3n) is 4.97. The third kappa shape index (κ3) is 2.43. The molecule has 5 nitrogen and oxygen atoms in total. The van der Waals surface area contributed by atoms with Crippen molar-refractivity contribution in [3.8, 4) is 0 Å². The number of fused-ring (bicyclic) bond motifs is 1. The first kappa shape index (κ1) is 14.4. The first-order valence-corrected chi connectivity index (χ1v) is 7.68. The van der Waals surface area contributed by atoms with Gasteiger partial charge in [0.1, 0.15) is 11.6 Å². The molecular weight excluding hydrogens is 270 g/mol. The van der Waals surface area contributed by atoms with Crippen LogP contribution in [0.4, 0.5) is 4.79 Å². The molecule has 1 N–H and O–H groups in total. The van der Waals surface area contributed by atoms with E-state index in [0.717, 1.165) is 12.8 Å². The molecule has 3 aliphatic carbocycles. The van der Waals surface area contributed by atoms with Gasteiger partial charge in [0.05, 0.1) is 0 Å². The van der Waals surface area contributed by atoms with E-state index in [4.69, 9.17) is 4.74 Å². The van der Waals surface area contributed by atoms with Gasteiger partial charge in [-0.2, -0.15) is 0 Å². The number of carbonyl (C=O) groups is 2. The number of carboxylic acids is 1. The number of nitrogens with zero attached hydrogens (tertiary/aromatic N) is 1. The summed E-state index contributed by atoms with van der Waals surface area (Å²) >= 11 is 0. The number of amides is 1. The molecule has 21 heavy (non-hydrogen) atoms. The van der Waals surface area contributed by atoms with Gasteiger partial charge >= 0.3 is 12.1 Å². The van der Waals surface area contributed by atoms with Crippen LogP contribution < -0.4 is 0 Å². The zero-order chi connectivity index (χ0) is 15.4. The molecule has 0 radical (unpaired) electrons. The Bertz CT molecular complexity index is 493. The van der Waals surface area contributed by atoms with E-state index in [1.165, 1.54) is 4.90 Å². The number of carboxylic acid groups (broad SMARTS) is 1. The number of ether oxygens (including phenoxy) is 1. The molecule has 0 unspecified atom stereocenters. The fourth-order valence-corrected chi connectivity index (χ4v) is 4.22. The van der Waals surface area contributed by atoms with E-state index in [2.05, 4.69) is 12.2 Å². The molecule has 2 bridgehead atoms. The standard InChI is InChI=1S/C16H23NO4/c1-16(2,3)21-15(20)17-8-11-9-4-6-10(7-5-9)12(11)13(17)14(18)19/h4,6,9-13H,5,7-8H2,1-3H3,(H,18,19)/t9-,10+,11-,12+,13+/m0/s1. The highest BCUT2D eigenvalue weighted by Gasteiger charge is 2.56. The van der Waals surface area contributed by atoms with Crippen LogP contribution in [0.25, 0.3) is 0 Å². The zero-order valence-electron chi connectivity index (χ0n) is 12.8. The molecule has 4 aliphatic rings. The molecular formula is C16H23NO4. The number of hydrogen-bond donors (Lipinski definition) is 1. The van der Waals surface area contributed by atoms with Gasteiger partial charge in [-0.3, -0.25) is 4.90 Å². The summed E-state index contributed by atoms with van der Waals surface area (Å²) in [4.78, 5) is 25.6.